The van der Waals surface area contributed by atoms with E-state index in [0.29, 0.717) is 6.54 Å². The van der Waals surface area contributed by atoms with E-state index in [0.717, 1.165) is 5.56 Å². The van der Waals surface area contributed by atoms with Gasteiger partial charge in [-0.2, -0.15) is 0 Å². The molecule has 2 rings (SSSR count). The molecule has 0 unspecified atom stereocenters. The number of carbonyl (C=O) groups is 1. The minimum Gasteiger partial charge on any atom is -0.486 e. The predicted molar refractivity (Wildman–Crippen MR) is 85.6 cm³/mol. The summed E-state index contributed by atoms with van der Waals surface area (Å²) in [5.74, 6) is -0.236. The van der Waals surface area contributed by atoms with Gasteiger partial charge in [0.25, 0.3) is 0 Å². The van der Waals surface area contributed by atoms with Crippen molar-refractivity contribution in [1.82, 2.24) is 15.2 Å². The van der Waals surface area contributed by atoms with Crippen molar-refractivity contribution < 1.29 is 13.9 Å². The fraction of sp³-hybridized carbons (Fsp3) is 0.294. The Kier molecular flexibility index (Phi) is 5.91. The van der Waals surface area contributed by atoms with Crippen LogP contribution in [0.4, 0.5) is 9.18 Å². The van der Waals surface area contributed by atoms with Crippen molar-refractivity contribution in [2.24, 2.45) is 0 Å². The van der Waals surface area contributed by atoms with Gasteiger partial charge in [-0.3, -0.25) is 4.98 Å². The standard InChI is InChI=1S/C17H20FN3O2/c1-13(23-16-6-4-3-5-15(16)18)11-20-17(22)21(2)12-14-7-9-19-10-8-14/h3-10,13H,11-12H2,1-2H3,(H,20,22)/t13-/m0/s1. The number of halogens is 1. The van der Waals surface area contributed by atoms with Crippen molar-refractivity contribution in [3.63, 3.8) is 0 Å². The highest BCUT2D eigenvalue weighted by Gasteiger charge is 2.12. The maximum atomic E-state index is 13.5. The maximum Gasteiger partial charge on any atom is 0.317 e. The molecule has 5 nitrogen and oxygen atoms in total. The number of pyridine rings is 1. The van der Waals surface area contributed by atoms with Crippen LogP contribution in [0.5, 0.6) is 5.75 Å². The highest BCUT2D eigenvalue weighted by atomic mass is 19.1. The molecule has 2 amide bonds. The van der Waals surface area contributed by atoms with Crippen LogP contribution in [0.1, 0.15) is 12.5 Å². The van der Waals surface area contributed by atoms with Crippen LogP contribution in [-0.4, -0.2) is 35.6 Å². The number of para-hydroxylation sites is 1. The average Bonchev–Trinajstić information content (AvgIpc) is 2.55. The lowest BCUT2D eigenvalue weighted by Crippen LogP contribution is -2.41. The van der Waals surface area contributed by atoms with Crippen molar-refractivity contribution >= 4 is 6.03 Å². The molecule has 0 aliphatic heterocycles. The molecule has 0 aliphatic rings. The van der Waals surface area contributed by atoms with Crippen molar-refractivity contribution in [3.8, 4) is 5.75 Å². The Morgan fingerprint density at radius 2 is 2.00 bits per heavy atom. The van der Waals surface area contributed by atoms with Crippen LogP contribution >= 0.6 is 0 Å². The number of hydrogen-bond donors (Lipinski definition) is 1. The normalized spacial score (nSPS) is 11.6. The van der Waals surface area contributed by atoms with Gasteiger partial charge in [0.2, 0.25) is 0 Å². The van der Waals surface area contributed by atoms with Crippen molar-refractivity contribution in [2.75, 3.05) is 13.6 Å². The Morgan fingerprint density at radius 1 is 1.30 bits per heavy atom. The first-order valence-corrected chi connectivity index (χ1v) is 7.35. The van der Waals surface area contributed by atoms with Crippen LogP contribution < -0.4 is 10.1 Å². The van der Waals surface area contributed by atoms with Crippen LogP contribution in [-0.2, 0) is 6.54 Å². The number of hydrogen-bond acceptors (Lipinski definition) is 3. The maximum absolute atomic E-state index is 13.5. The number of nitrogens with one attached hydrogen (secondary N) is 1. The van der Waals surface area contributed by atoms with Gasteiger partial charge in [-0.25, -0.2) is 9.18 Å². The van der Waals surface area contributed by atoms with Gasteiger partial charge in [-0.15, -0.1) is 0 Å². The third kappa shape index (κ3) is 5.25. The van der Waals surface area contributed by atoms with E-state index in [9.17, 15) is 9.18 Å². The molecule has 0 aliphatic carbocycles. The predicted octanol–water partition coefficient (Wildman–Crippen LogP) is 2.83. The molecule has 0 saturated carbocycles. The summed E-state index contributed by atoms with van der Waals surface area (Å²) in [5.41, 5.74) is 0.994. The lowest BCUT2D eigenvalue weighted by atomic mass is 10.2. The molecule has 6 heteroatoms. The summed E-state index contributed by atoms with van der Waals surface area (Å²) < 4.78 is 19.0. The van der Waals surface area contributed by atoms with Gasteiger partial charge in [0.1, 0.15) is 6.10 Å². The number of urea groups is 1. The Labute approximate surface area is 135 Å². The minimum absolute atomic E-state index is 0.180. The summed E-state index contributed by atoms with van der Waals surface area (Å²) in [6.07, 6.45) is 3.03. The van der Waals surface area contributed by atoms with Crippen molar-refractivity contribution in [1.29, 1.82) is 0 Å². The van der Waals surface area contributed by atoms with Crippen molar-refractivity contribution in [2.45, 2.75) is 19.6 Å². The van der Waals surface area contributed by atoms with Gasteiger partial charge in [0, 0.05) is 26.0 Å². The smallest absolute Gasteiger partial charge is 0.317 e. The van der Waals surface area contributed by atoms with Crippen LogP contribution in [0.15, 0.2) is 48.8 Å². The molecular formula is C17H20FN3O2. The molecule has 122 valence electrons. The molecule has 0 radical (unpaired) electrons. The average molecular weight is 317 g/mol. The number of ether oxygens (including phenoxy) is 1. The molecule has 1 aromatic heterocycles. The quantitative estimate of drug-likeness (QED) is 0.891. The molecule has 0 saturated heterocycles. The van der Waals surface area contributed by atoms with Crippen LogP contribution in [0, 0.1) is 5.82 Å². The lowest BCUT2D eigenvalue weighted by molar-refractivity contribution is 0.185. The second-order valence-corrected chi connectivity index (χ2v) is 5.26. The van der Waals surface area contributed by atoms with Crippen LogP contribution in [0.2, 0.25) is 0 Å². The fourth-order valence-corrected chi connectivity index (χ4v) is 2.00. The van der Waals surface area contributed by atoms with Crippen LogP contribution in [0.25, 0.3) is 0 Å². The SMILES string of the molecule is C[C@@H](CNC(=O)N(C)Cc1ccncc1)Oc1ccccc1F. The zero-order chi connectivity index (χ0) is 16.7. The monoisotopic (exact) mass is 317 g/mol. The molecule has 0 fully saturated rings. The summed E-state index contributed by atoms with van der Waals surface area (Å²) in [6.45, 7) is 2.54. The second-order valence-electron chi connectivity index (χ2n) is 5.26. The molecule has 23 heavy (non-hydrogen) atoms. The Morgan fingerprint density at radius 3 is 2.70 bits per heavy atom. The van der Waals surface area contributed by atoms with E-state index in [1.165, 1.54) is 6.07 Å². The van der Waals surface area contributed by atoms with E-state index in [2.05, 4.69) is 10.3 Å². The first kappa shape index (κ1) is 16.7. The topological polar surface area (TPSA) is 54.5 Å². The number of benzene rings is 1. The summed E-state index contributed by atoms with van der Waals surface area (Å²) in [7, 11) is 1.71. The number of amides is 2. The zero-order valence-corrected chi connectivity index (χ0v) is 13.2. The van der Waals surface area contributed by atoms with Gasteiger partial charge in [-0.05, 0) is 36.8 Å². The van der Waals surface area contributed by atoms with E-state index >= 15 is 0 Å². The molecule has 2 aromatic rings. The molecule has 0 bridgehead atoms. The molecular weight excluding hydrogens is 297 g/mol. The summed E-state index contributed by atoms with van der Waals surface area (Å²) in [6, 6.07) is 9.69. The first-order valence-electron chi connectivity index (χ1n) is 7.35. The van der Waals surface area contributed by atoms with E-state index < -0.39 is 5.82 Å². The lowest BCUT2D eigenvalue weighted by Gasteiger charge is -2.20. The third-order valence-corrected chi connectivity index (χ3v) is 3.22. The molecule has 0 spiro atoms. The van der Waals surface area contributed by atoms with E-state index in [1.807, 2.05) is 12.1 Å². The highest BCUT2D eigenvalue weighted by Crippen LogP contribution is 2.16. The summed E-state index contributed by atoms with van der Waals surface area (Å²) in [5, 5.41) is 2.77. The zero-order valence-electron chi connectivity index (χ0n) is 13.2. The van der Waals surface area contributed by atoms with Gasteiger partial charge in [-0.1, -0.05) is 12.1 Å². The largest absolute Gasteiger partial charge is 0.486 e. The number of aromatic nitrogens is 1. The summed E-state index contributed by atoms with van der Waals surface area (Å²) >= 11 is 0. The first-order chi connectivity index (χ1) is 11.1. The van der Waals surface area contributed by atoms with Gasteiger partial charge in [0.15, 0.2) is 11.6 Å². The molecule has 1 N–H and O–H groups in total. The van der Waals surface area contributed by atoms with E-state index in [4.69, 9.17) is 4.74 Å². The van der Waals surface area contributed by atoms with E-state index in [-0.39, 0.29) is 24.4 Å². The van der Waals surface area contributed by atoms with Gasteiger partial charge >= 0.3 is 6.03 Å². The summed E-state index contributed by atoms with van der Waals surface area (Å²) in [4.78, 5) is 17.5. The molecule has 1 aromatic carbocycles. The fourth-order valence-electron chi connectivity index (χ4n) is 2.00. The minimum atomic E-state index is -0.416. The van der Waals surface area contributed by atoms with E-state index in [1.54, 1.807) is 49.5 Å². The number of carbonyl (C=O) groups excluding carboxylic acids is 1. The highest BCUT2D eigenvalue weighted by molar-refractivity contribution is 5.73. The third-order valence-electron chi connectivity index (χ3n) is 3.22. The molecule has 1 heterocycles. The Hall–Kier alpha value is -2.63. The van der Waals surface area contributed by atoms with Crippen LogP contribution in [0.3, 0.4) is 0 Å². The Balaban J connectivity index is 1.78. The molecule has 1 atom stereocenters. The second kappa shape index (κ2) is 8.12. The number of nitrogens with zero attached hydrogens (tertiary/aromatic N) is 2. The van der Waals surface area contributed by atoms with Gasteiger partial charge < -0.3 is 15.0 Å². The van der Waals surface area contributed by atoms with Gasteiger partial charge in [0.05, 0.1) is 6.54 Å². The van der Waals surface area contributed by atoms with Crippen molar-refractivity contribution in [3.05, 3.63) is 60.2 Å². The Bertz CT molecular complexity index is 637. The number of rotatable bonds is 6.